The van der Waals surface area contributed by atoms with Crippen LogP contribution in [0.2, 0.25) is 0 Å². The Morgan fingerprint density at radius 1 is 1.44 bits per heavy atom. The number of benzene rings is 1. The van der Waals surface area contributed by atoms with Crippen molar-refractivity contribution in [2.45, 2.75) is 6.18 Å². The van der Waals surface area contributed by atoms with Crippen molar-refractivity contribution in [3.05, 3.63) is 39.4 Å². The molecule has 0 radical (unpaired) electrons. The summed E-state index contributed by atoms with van der Waals surface area (Å²) in [5.41, 5.74) is -2.11. The average Bonchev–Trinajstić information content (AvgIpc) is 2.16. The number of hydrogen-bond acceptors (Lipinski definition) is 4. The predicted octanol–water partition coefficient (Wildman–Crippen LogP) is 2.42. The van der Waals surface area contributed by atoms with Crippen LogP contribution in [0.15, 0.2) is 23.4 Å². The maximum atomic E-state index is 12.2. The van der Waals surface area contributed by atoms with E-state index in [9.17, 15) is 23.3 Å². The summed E-state index contributed by atoms with van der Waals surface area (Å²) in [6.45, 7) is 0. The van der Waals surface area contributed by atoms with E-state index in [1.54, 1.807) is 0 Å². The molecular weight excluding hydrogens is 229 g/mol. The molecule has 86 valence electrons. The molecule has 1 aromatic rings. The Bertz CT molecular complexity index is 443. The van der Waals surface area contributed by atoms with Crippen molar-refractivity contribution >= 4 is 11.9 Å². The van der Waals surface area contributed by atoms with E-state index in [0.29, 0.717) is 18.3 Å². The lowest BCUT2D eigenvalue weighted by Gasteiger charge is -2.06. The largest absolute Gasteiger partial charge is 0.416 e. The Kier molecular flexibility index (Phi) is 3.11. The molecule has 0 aromatic heterocycles. The summed E-state index contributed by atoms with van der Waals surface area (Å²) in [4.78, 5) is 9.49. The molecule has 8 heteroatoms. The van der Waals surface area contributed by atoms with Crippen LogP contribution in [0.25, 0.3) is 0 Å². The van der Waals surface area contributed by atoms with Gasteiger partial charge >= 0.3 is 6.18 Å². The zero-order chi connectivity index (χ0) is 12.3. The predicted molar refractivity (Wildman–Crippen MR) is 47.5 cm³/mol. The van der Waals surface area contributed by atoms with Crippen LogP contribution >= 0.6 is 0 Å². The Labute approximate surface area is 87.0 Å². The summed E-state index contributed by atoms with van der Waals surface area (Å²) in [7, 11) is 0. The number of alkyl halides is 3. The summed E-state index contributed by atoms with van der Waals surface area (Å²) in [5, 5.41) is 21.2. The maximum absolute atomic E-state index is 12.2. The third-order valence-electron chi connectivity index (χ3n) is 1.75. The minimum Gasteiger partial charge on any atom is -0.411 e. The van der Waals surface area contributed by atoms with Crippen molar-refractivity contribution in [1.82, 2.24) is 0 Å². The highest BCUT2D eigenvalue weighted by Crippen LogP contribution is 2.32. The fourth-order valence-corrected chi connectivity index (χ4v) is 1.05. The van der Waals surface area contributed by atoms with Gasteiger partial charge in [-0.2, -0.15) is 13.2 Å². The van der Waals surface area contributed by atoms with Gasteiger partial charge in [0.1, 0.15) is 0 Å². The Morgan fingerprint density at radius 3 is 2.50 bits per heavy atom. The second-order valence-electron chi connectivity index (χ2n) is 2.77. The Hall–Kier alpha value is -2.12. The molecule has 0 unspecified atom stereocenters. The van der Waals surface area contributed by atoms with Gasteiger partial charge in [-0.1, -0.05) is 5.16 Å². The normalized spacial score (nSPS) is 11.9. The molecule has 16 heavy (non-hydrogen) atoms. The van der Waals surface area contributed by atoms with E-state index in [0.717, 1.165) is 6.07 Å². The number of nitro groups is 1. The first-order valence-electron chi connectivity index (χ1n) is 3.89. The molecule has 1 aromatic carbocycles. The van der Waals surface area contributed by atoms with Crippen molar-refractivity contribution in [3.8, 4) is 0 Å². The molecule has 0 saturated carbocycles. The van der Waals surface area contributed by atoms with Crippen LogP contribution in [0.1, 0.15) is 11.1 Å². The number of nitrogens with zero attached hydrogens (tertiary/aromatic N) is 2. The molecule has 0 atom stereocenters. The van der Waals surface area contributed by atoms with E-state index in [4.69, 9.17) is 5.21 Å². The first kappa shape index (κ1) is 12.0. The monoisotopic (exact) mass is 234 g/mol. The number of oxime groups is 1. The fourth-order valence-electron chi connectivity index (χ4n) is 1.05. The highest BCUT2D eigenvalue weighted by molar-refractivity contribution is 5.85. The molecule has 1 rings (SSSR count). The topological polar surface area (TPSA) is 75.7 Å². The smallest absolute Gasteiger partial charge is 0.411 e. The standard InChI is InChI=1S/C8H5F3N2O3/c9-8(10,11)6-2-1-5(4-12-14)7(3-6)13(15)16/h1-4,14H/b12-4-. The second kappa shape index (κ2) is 4.17. The number of nitro benzene ring substituents is 1. The lowest BCUT2D eigenvalue weighted by molar-refractivity contribution is -0.385. The van der Waals surface area contributed by atoms with Crippen LogP contribution in [0.3, 0.4) is 0 Å². The van der Waals surface area contributed by atoms with E-state index in [1.807, 2.05) is 0 Å². The minimum atomic E-state index is -4.65. The molecule has 0 bridgehead atoms. The van der Waals surface area contributed by atoms with E-state index < -0.39 is 22.4 Å². The number of hydrogen-bond donors (Lipinski definition) is 1. The average molecular weight is 234 g/mol. The van der Waals surface area contributed by atoms with Gasteiger partial charge in [0.25, 0.3) is 5.69 Å². The van der Waals surface area contributed by atoms with Crippen molar-refractivity contribution in [2.24, 2.45) is 5.16 Å². The van der Waals surface area contributed by atoms with Crippen molar-refractivity contribution in [3.63, 3.8) is 0 Å². The van der Waals surface area contributed by atoms with Crippen LogP contribution in [0.5, 0.6) is 0 Å². The third-order valence-corrected chi connectivity index (χ3v) is 1.75. The molecule has 0 aliphatic rings. The number of halogens is 3. The summed E-state index contributed by atoms with van der Waals surface area (Å²) < 4.78 is 36.7. The highest BCUT2D eigenvalue weighted by atomic mass is 19.4. The molecule has 0 spiro atoms. The lowest BCUT2D eigenvalue weighted by atomic mass is 10.1. The lowest BCUT2D eigenvalue weighted by Crippen LogP contribution is -2.06. The van der Waals surface area contributed by atoms with E-state index in [2.05, 4.69) is 5.16 Å². The van der Waals surface area contributed by atoms with Gasteiger partial charge < -0.3 is 5.21 Å². The fraction of sp³-hybridized carbons (Fsp3) is 0.125. The van der Waals surface area contributed by atoms with Gasteiger partial charge in [0.15, 0.2) is 0 Å². The molecule has 0 aliphatic heterocycles. The van der Waals surface area contributed by atoms with Gasteiger partial charge in [-0.15, -0.1) is 0 Å². The van der Waals surface area contributed by atoms with Gasteiger partial charge in [-0.3, -0.25) is 10.1 Å². The van der Waals surface area contributed by atoms with Crippen molar-refractivity contribution < 1.29 is 23.3 Å². The van der Waals surface area contributed by atoms with Gasteiger partial charge in [0, 0.05) is 6.07 Å². The van der Waals surface area contributed by atoms with Gasteiger partial charge in [0.2, 0.25) is 0 Å². The maximum Gasteiger partial charge on any atom is 0.416 e. The van der Waals surface area contributed by atoms with Gasteiger partial charge in [-0.25, -0.2) is 0 Å². The first-order valence-corrected chi connectivity index (χ1v) is 3.89. The summed E-state index contributed by atoms with van der Waals surface area (Å²) >= 11 is 0. The quantitative estimate of drug-likeness (QED) is 0.369. The van der Waals surface area contributed by atoms with E-state index in [-0.39, 0.29) is 5.56 Å². The minimum absolute atomic E-state index is 0.208. The number of rotatable bonds is 2. The first-order chi connectivity index (χ1) is 7.36. The highest BCUT2D eigenvalue weighted by Gasteiger charge is 2.32. The van der Waals surface area contributed by atoms with Crippen LogP contribution in [0, 0.1) is 10.1 Å². The van der Waals surface area contributed by atoms with Crippen LogP contribution in [-0.2, 0) is 6.18 Å². The Balaban J connectivity index is 3.34. The van der Waals surface area contributed by atoms with Crippen LogP contribution < -0.4 is 0 Å². The molecule has 0 saturated heterocycles. The van der Waals surface area contributed by atoms with Crippen LogP contribution in [-0.4, -0.2) is 16.3 Å². The molecule has 5 nitrogen and oxygen atoms in total. The summed E-state index contributed by atoms with van der Waals surface area (Å²) in [6.07, 6.45) is -3.96. The SMILES string of the molecule is O=[N+]([O-])c1cc(C(F)(F)F)ccc1/C=N\O. The Morgan fingerprint density at radius 2 is 2.06 bits per heavy atom. The summed E-state index contributed by atoms with van der Waals surface area (Å²) in [5.74, 6) is 0. The third kappa shape index (κ3) is 2.47. The zero-order valence-electron chi connectivity index (χ0n) is 7.60. The van der Waals surface area contributed by atoms with Crippen molar-refractivity contribution in [1.29, 1.82) is 0 Å². The molecule has 0 fully saturated rings. The zero-order valence-corrected chi connectivity index (χ0v) is 7.60. The van der Waals surface area contributed by atoms with E-state index in [1.165, 1.54) is 0 Å². The molecule has 1 N–H and O–H groups in total. The summed E-state index contributed by atoms with van der Waals surface area (Å²) in [6, 6.07) is 1.92. The van der Waals surface area contributed by atoms with Gasteiger partial charge in [0.05, 0.1) is 22.3 Å². The van der Waals surface area contributed by atoms with Gasteiger partial charge in [-0.05, 0) is 12.1 Å². The second-order valence-corrected chi connectivity index (χ2v) is 2.77. The molecule has 0 heterocycles. The van der Waals surface area contributed by atoms with E-state index >= 15 is 0 Å². The molecule has 0 aliphatic carbocycles. The van der Waals surface area contributed by atoms with Crippen LogP contribution in [0.4, 0.5) is 18.9 Å². The molecule has 0 amide bonds. The molecular formula is C8H5F3N2O3. The van der Waals surface area contributed by atoms with Crippen molar-refractivity contribution in [2.75, 3.05) is 0 Å².